The van der Waals surface area contributed by atoms with Crippen LogP contribution in [0.5, 0.6) is 11.5 Å². The molecule has 2 fully saturated rings. The lowest BCUT2D eigenvalue weighted by Crippen LogP contribution is -2.59. The van der Waals surface area contributed by atoms with Crippen molar-refractivity contribution in [2.75, 3.05) is 6.61 Å². The number of ether oxygens (including phenoxy) is 2. The van der Waals surface area contributed by atoms with Crippen molar-refractivity contribution < 1.29 is 47.3 Å². The summed E-state index contributed by atoms with van der Waals surface area (Å²) < 4.78 is 36.1. The minimum Gasteiger partial charge on any atom is -0.504 e. The first-order valence-electron chi connectivity index (χ1n) is 13.0. The molecule has 2 aliphatic rings. The molecule has 0 aliphatic carbocycles. The lowest BCUT2D eigenvalue weighted by molar-refractivity contribution is -0.164. The quantitative estimate of drug-likeness (QED) is 0.133. The highest BCUT2D eigenvalue weighted by atomic mass is 32.2. The predicted molar refractivity (Wildman–Crippen MR) is 149 cm³/mol. The van der Waals surface area contributed by atoms with E-state index >= 15 is 0 Å². The Morgan fingerprint density at radius 2 is 1.56 bits per heavy atom. The average Bonchev–Trinajstić information content (AvgIpc) is 3.14. The van der Waals surface area contributed by atoms with E-state index < -0.39 is 74.1 Å². The summed E-state index contributed by atoms with van der Waals surface area (Å²) in [7, 11) is -4.24. The molecule has 224 valence electrons. The van der Waals surface area contributed by atoms with Gasteiger partial charge in [0.2, 0.25) is 5.91 Å². The zero-order valence-electron chi connectivity index (χ0n) is 22.7. The summed E-state index contributed by atoms with van der Waals surface area (Å²) in [5, 5.41) is 17.7. The summed E-state index contributed by atoms with van der Waals surface area (Å²) in [6, 6.07) is 19.2. The maximum atomic E-state index is 13.8. The van der Waals surface area contributed by atoms with Crippen molar-refractivity contribution in [1.29, 1.82) is 0 Å². The van der Waals surface area contributed by atoms with Gasteiger partial charge in [-0.3, -0.25) is 15.0 Å². The molecule has 0 spiro atoms. The van der Waals surface area contributed by atoms with Gasteiger partial charge in [-0.25, -0.2) is 23.4 Å². The number of hydrogen-bond donors (Lipinski definition) is 4. The van der Waals surface area contributed by atoms with Crippen LogP contribution in [0.15, 0.2) is 78.9 Å². The fraction of sp³-hybridized carbons (Fsp3) is 0.241. The summed E-state index contributed by atoms with van der Waals surface area (Å²) >= 11 is 0. The van der Waals surface area contributed by atoms with Crippen molar-refractivity contribution >= 4 is 33.7 Å². The molecule has 2 aliphatic heterocycles. The minimum absolute atomic E-state index is 0.113. The summed E-state index contributed by atoms with van der Waals surface area (Å²) in [6.45, 7) is 0.351. The Hall–Kier alpha value is -5.11. The molecule has 3 aromatic rings. The molecule has 0 radical (unpaired) electrons. The van der Waals surface area contributed by atoms with Gasteiger partial charge in [-0.15, -0.1) is 0 Å². The third-order valence-corrected chi connectivity index (χ3v) is 10.2. The molecule has 3 aromatic carbocycles. The van der Waals surface area contributed by atoms with Crippen molar-refractivity contribution in [2.24, 2.45) is 0 Å². The number of rotatable bonds is 7. The van der Waals surface area contributed by atoms with Crippen LogP contribution in [-0.2, 0) is 28.9 Å². The molecule has 43 heavy (non-hydrogen) atoms. The molecule has 4 N–H and O–H groups in total. The van der Waals surface area contributed by atoms with Gasteiger partial charge in [-0.1, -0.05) is 60.7 Å². The highest BCUT2D eigenvalue weighted by Crippen LogP contribution is 2.47. The molecular weight excluding hydrogens is 582 g/mol. The van der Waals surface area contributed by atoms with Crippen molar-refractivity contribution in [1.82, 2.24) is 15.8 Å². The third kappa shape index (κ3) is 5.32. The first kappa shape index (κ1) is 29.4. The first-order chi connectivity index (χ1) is 20.4. The van der Waals surface area contributed by atoms with E-state index in [2.05, 4.69) is 0 Å². The van der Waals surface area contributed by atoms with E-state index in [4.69, 9.17) is 9.47 Å². The van der Waals surface area contributed by atoms with Gasteiger partial charge in [0.05, 0.1) is 6.42 Å². The van der Waals surface area contributed by atoms with Crippen LogP contribution in [0.3, 0.4) is 0 Å². The molecule has 3 amide bonds. The molecule has 0 bridgehead atoms. The Kier molecular flexibility index (Phi) is 7.71. The number of nitrogens with one attached hydrogen (secondary N) is 2. The highest BCUT2D eigenvalue weighted by molar-refractivity contribution is 7.94. The van der Waals surface area contributed by atoms with E-state index in [1.807, 2.05) is 10.9 Å². The summed E-state index contributed by atoms with van der Waals surface area (Å²) in [5.41, 5.74) is 5.10. The molecule has 0 aromatic heterocycles. The van der Waals surface area contributed by atoms with Crippen molar-refractivity contribution in [3.63, 3.8) is 0 Å². The Balaban J connectivity index is 1.34. The van der Waals surface area contributed by atoms with Gasteiger partial charge in [-0.05, 0) is 36.2 Å². The van der Waals surface area contributed by atoms with Gasteiger partial charge in [0.1, 0.15) is 16.7 Å². The Morgan fingerprint density at radius 3 is 2.12 bits per heavy atom. The summed E-state index contributed by atoms with van der Waals surface area (Å²) in [6.07, 6.45) is -2.51. The second-order valence-electron chi connectivity index (χ2n) is 10.2. The van der Waals surface area contributed by atoms with Gasteiger partial charge < -0.3 is 24.6 Å². The number of sulfone groups is 1. The van der Waals surface area contributed by atoms with Gasteiger partial charge in [0.15, 0.2) is 33.5 Å². The van der Waals surface area contributed by atoms with Crippen molar-refractivity contribution in [3.05, 3.63) is 95.6 Å². The molecule has 2 heterocycles. The Morgan fingerprint density at radius 1 is 0.953 bits per heavy atom. The van der Waals surface area contributed by atoms with Gasteiger partial charge in [0, 0.05) is 5.56 Å². The monoisotopic (exact) mass is 609 g/mol. The second-order valence-corrected chi connectivity index (χ2v) is 12.8. The standard InChI is InChI=1S/C29H27N3O10S/c1-29(16-41-28(38)31-30-26(36)19-12-13-20(33)21(34)14-19)25(32-22(35)15-23(32)43(29,39)40)27(37)42-24(17-8-4-2-5-9-17)18-10-6-3-7-11-18/h2-14,23-25,33-34H,15-16H2,1H3,(H,30,36)(H,31,38)/t23?,25-,29-/m0/s1. The molecule has 2 saturated heterocycles. The number of nitrogens with zero attached hydrogens (tertiary/aromatic N) is 1. The summed E-state index contributed by atoms with van der Waals surface area (Å²) in [4.78, 5) is 52.0. The average molecular weight is 610 g/mol. The third-order valence-electron chi connectivity index (χ3n) is 7.48. The van der Waals surface area contributed by atoms with Gasteiger partial charge in [0.25, 0.3) is 5.91 Å². The number of hydrogen-bond acceptors (Lipinski definition) is 10. The van der Waals surface area contributed by atoms with Gasteiger partial charge >= 0.3 is 12.1 Å². The molecular formula is C29H27N3O10S. The van der Waals surface area contributed by atoms with E-state index in [9.17, 15) is 37.8 Å². The fourth-order valence-electron chi connectivity index (χ4n) is 5.11. The van der Waals surface area contributed by atoms with Crippen LogP contribution >= 0.6 is 0 Å². The molecule has 3 atom stereocenters. The number of esters is 1. The summed E-state index contributed by atoms with van der Waals surface area (Å²) in [5.74, 6) is -3.46. The first-order valence-corrected chi connectivity index (χ1v) is 14.6. The second kappa shape index (κ2) is 11.3. The number of β-lactam (4-membered cyclic amide) rings is 1. The molecule has 0 saturated carbocycles. The van der Waals surface area contributed by atoms with Crippen LogP contribution in [0.1, 0.15) is 40.9 Å². The number of amides is 3. The Labute approximate surface area is 245 Å². The minimum atomic E-state index is -4.24. The van der Waals surface area contributed by atoms with Crippen molar-refractivity contribution in [2.45, 2.75) is 35.6 Å². The topological polar surface area (TPSA) is 189 Å². The smallest absolute Gasteiger partial charge is 0.426 e. The van der Waals surface area contributed by atoms with Crippen LogP contribution in [0.4, 0.5) is 4.79 Å². The maximum Gasteiger partial charge on any atom is 0.426 e. The van der Waals surface area contributed by atoms with E-state index in [-0.39, 0.29) is 12.0 Å². The molecule has 1 unspecified atom stereocenters. The Bertz CT molecular complexity index is 1640. The number of benzene rings is 3. The van der Waals surface area contributed by atoms with Gasteiger partial charge in [-0.2, -0.15) is 0 Å². The number of aromatic hydroxyl groups is 2. The van der Waals surface area contributed by atoms with E-state index in [1.54, 1.807) is 60.7 Å². The van der Waals surface area contributed by atoms with E-state index in [1.165, 1.54) is 13.0 Å². The lowest BCUT2D eigenvalue weighted by Gasteiger charge is -2.37. The number of hydrazine groups is 1. The number of phenols is 2. The van der Waals surface area contributed by atoms with Crippen LogP contribution in [-0.4, -0.2) is 70.2 Å². The van der Waals surface area contributed by atoms with E-state index in [0.29, 0.717) is 11.1 Å². The number of phenolic OH excluding ortho intramolecular Hbond substituents is 2. The predicted octanol–water partition coefficient (Wildman–Crippen LogP) is 1.92. The number of carbonyl (C=O) groups is 4. The lowest BCUT2D eigenvalue weighted by atomic mass is 9.96. The maximum absolute atomic E-state index is 13.8. The van der Waals surface area contributed by atoms with Crippen LogP contribution in [0.25, 0.3) is 0 Å². The highest BCUT2D eigenvalue weighted by Gasteiger charge is 2.71. The molecule has 5 rings (SSSR count). The normalized spacial score (nSPS) is 21.8. The largest absolute Gasteiger partial charge is 0.504 e. The zero-order valence-corrected chi connectivity index (χ0v) is 23.5. The SMILES string of the molecule is C[C@]1(COC(=O)NNC(=O)c2ccc(O)c(O)c2)[C@H](C(=O)OC(c2ccccc2)c2ccccc2)N2C(=O)CC2S1(=O)=O. The number of fused-ring (bicyclic) bond motifs is 1. The van der Waals surface area contributed by atoms with Crippen molar-refractivity contribution in [3.8, 4) is 11.5 Å². The van der Waals surface area contributed by atoms with Crippen LogP contribution < -0.4 is 10.9 Å². The van der Waals surface area contributed by atoms with Crippen LogP contribution in [0, 0.1) is 0 Å². The number of carbonyl (C=O) groups excluding carboxylic acids is 4. The van der Waals surface area contributed by atoms with E-state index in [0.717, 1.165) is 17.0 Å². The van der Waals surface area contributed by atoms with Crippen LogP contribution in [0.2, 0.25) is 0 Å². The molecule has 13 nitrogen and oxygen atoms in total. The fourth-order valence-corrected chi connectivity index (χ4v) is 7.38. The zero-order chi connectivity index (χ0) is 30.9. The molecule has 14 heteroatoms.